The Morgan fingerprint density at radius 1 is 1.30 bits per heavy atom. The number of thioether (sulfide) groups is 1. The fraction of sp³-hybridized carbons (Fsp3) is 0.267. The number of fused-ring (bicyclic) bond motifs is 1. The standard InChI is InChI=1S/C15H16N2OS2/c1-2-5-14-12(4-1)10-13(18-14)11-16-6-3-8-19-15-17-7-9-20-15/h1-2,4-5,7,9-10,16H,3,6,8,11H2. The smallest absolute Gasteiger partial charge is 0.149 e. The van der Waals surface area contributed by atoms with E-state index in [0.29, 0.717) is 0 Å². The third-order valence-corrected chi connectivity index (χ3v) is 4.96. The van der Waals surface area contributed by atoms with Gasteiger partial charge in [0.2, 0.25) is 0 Å². The van der Waals surface area contributed by atoms with E-state index in [9.17, 15) is 0 Å². The van der Waals surface area contributed by atoms with Gasteiger partial charge in [-0.05, 0) is 25.1 Å². The van der Waals surface area contributed by atoms with Crippen LogP contribution in [0.2, 0.25) is 0 Å². The van der Waals surface area contributed by atoms with Crippen LogP contribution in [0.1, 0.15) is 12.2 Å². The van der Waals surface area contributed by atoms with Crippen molar-refractivity contribution in [2.24, 2.45) is 0 Å². The molecular formula is C15H16N2OS2. The molecule has 0 unspecified atom stereocenters. The average molecular weight is 304 g/mol. The van der Waals surface area contributed by atoms with E-state index in [2.05, 4.69) is 22.4 Å². The SMILES string of the molecule is c1ccc2oc(CNCCCSc3nccs3)cc2c1. The van der Waals surface area contributed by atoms with Crippen molar-refractivity contribution in [3.63, 3.8) is 0 Å². The Morgan fingerprint density at radius 3 is 3.10 bits per heavy atom. The van der Waals surface area contributed by atoms with Gasteiger partial charge < -0.3 is 9.73 Å². The van der Waals surface area contributed by atoms with Crippen LogP contribution in [0, 0.1) is 0 Å². The second-order valence-corrected chi connectivity index (χ2v) is 6.66. The van der Waals surface area contributed by atoms with Gasteiger partial charge in [0.25, 0.3) is 0 Å². The molecule has 0 saturated heterocycles. The highest BCUT2D eigenvalue weighted by atomic mass is 32.2. The van der Waals surface area contributed by atoms with E-state index < -0.39 is 0 Å². The lowest BCUT2D eigenvalue weighted by atomic mass is 10.2. The summed E-state index contributed by atoms with van der Waals surface area (Å²) in [5.74, 6) is 2.10. The van der Waals surface area contributed by atoms with E-state index >= 15 is 0 Å². The number of furan rings is 1. The Morgan fingerprint density at radius 2 is 2.25 bits per heavy atom. The Hall–Kier alpha value is -1.30. The second-order valence-electron chi connectivity index (χ2n) is 4.43. The topological polar surface area (TPSA) is 38.1 Å². The highest BCUT2D eigenvalue weighted by molar-refractivity contribution is 8.00. The average Bonchev–Trinajstić information content (AvgIpc) is 3.11. The number of benzene rings is 1. The van der Waals surface area contributed by atoms with Gasteiger partial charge in [-0.2, -0.15) is 0 Å². The Balaban J connectivity index is 1.37. The molecule has 0 spiro atoms. The van der Waals surface area contributed by atoms with Crippen LogP contribution in [0.15, 0.2) is 50.7 Å². The van der Waals surface area contributed by atoms with Crippen molar-refractivity contribution < 1.29 is 4.42 Å². The maximum absolute atomic E-state index is 5.76. The van der Waals surface area contributed by atoms with Crippen LogP contribution < -0.4 is 5.32 Å². The van der Waals surface area contributed by atoms with Crippen molar-refractivity contribution in [3.8, 4) is 0 Å². The molecule has 0 aliphatic carbocycles. The van der Waals surface area contributed by atoms with Gasteiger partial charge in [0, 0.05) is 22.7 Å². The fourth-order valence-electron chi connectivity index (χ4n) is 1.97. The fourth-order valence-corrected chi connectivity index (χ4v) is 3.62. The van der Waals surface area contributed by atoms with Gasteiger partial charge in [0.15, 0.2) is 0 Å². The van der Waals surface area contributed by atoms with Crippen LogP contribution in [-0.2, 0) is 6.54 Å². The van der Waals surface area contributed by atoms with Crippen LogP contribution in [0.5, 0.6) is 0 Å². The number of thiazole rings is 1. The molecule has 104 valence electrons. The van der Waals surface area contributed by atoms with Gasteiger partial charge in [0.05, 0.1) is 6.54 Å². The number of nitrogens with one attached hydrogen (secondary N) is 1. The molecule has 0 radical (unpaired) electrons. The number of para-hydroxylation sites is 1. The van der Waals surface area contributed by atoms with Crippen LogP contribution in [0.4, 0.5) is 0 Å². The summed E-state index contributed by atoms with van der Waals surface area (Å²) in [6, 6.07) is 10.2. The van der Waals surface area contributed by atoms with Crippen molar-refractivity contribution >= 4 is 34.1 Å². The van der Waals surface area contributed by atoms with Gasteiger partial charge in [-0.25, -0.2) is 4.98 Å². The molecular weight excluding hydrogens is 288 g/mol. The summed E-state index contributed by atoms with van der Waals surface area (Å²) in [6.45, 7) is 1.78. The molecule has 0 amide bonds. The molecule has 1 aromatic carbocycles. The summed E-state index contributed by atoms with van der Waals surface area (Å²) in [4.78, 5) is 4.25. The number of rotatable bonds is 7. The minimum absolute atomic E-state index is 0.788. The summed E-state index contributed by atoms with van der Waals surface area (Å²) in [6.07, 6.45) is 2.98. The maximum atomic E-state index is 5.76. The van der Waals surface area contributed by atoms with Gasteiger partial charge in [-0.15, -0.1) is 11.3 Å². The van der Waals surface area contributed by atoms with E-state index in [-0.39, 0.29) is 0 Å². The van der Waals surface area contributed by atoms with Crippen molar-refractivity contribution in [3.05, 3.63) is 47.7 Å². The normalized spacial score (nSPS) is 11.2. The lowest BCUT2D eigenvalue weighted by Crippen LogP contribution is -2.14. The Bertz CT molecular complexity index is 616. The zero-order chi connectivity index (χ0) is 13.6. The highest BCUT2D eigenvalue weighted by Gasteiger charge is 2.02. The molecule has 3 rings (SSSR count). The van der Waals surface area contributed by atoms with Gasteiger partial charge in [-0.1, -0.05) is 30.0 Å². The zero-order valence-corrected chi connectivity index (χ0v) is 12.7. The van der Waals surface area contributed by atoms with Gasteiger partial charge in [0.1, 0.15) is 15.7 Å². The van der Waals surface area contributed by atoms with E-state index in [1.807, 2.05) is 41.5 Å². The molecule has 3 nitrogen and oxygen atoms in total. The van der Waals surface area contributed by atoms with Crippen LogP contribution in [0.25, 0.3) is 11.0 Å². The van der Waals surface area contributed by atoms with Crippen molar-refractivity contribution in [1.29, 1.82) is 0 Å². The Labute approximate surface area is 126 Å². The molecule has 20 heavy (non-hydrogen) atoms. The molecule has 0 aliphatic rings. The summed E-state index contributed by atoms with van der Waals surface area (Å²) in [5.41, 5.74) is 0.962. The summed E-state index contributed by atoms with van der Waals surface area (Å²) < 4.78 is 6.91. The predicted octanol–water partition coefficient (Wildman–Crippen LogP) is 4.16. The summed E-state index contributed by atoms with van der Waals surface area (Å²) in [5, 5.41) is 6.60. The number of nitrogens with zero attached hydrogens (tertiary/aromatic N) is 1. The minimum Gasteiger partial charge on any atom is -0.460 e. The number of hydrogen-bond acceptors (Lipinski definition) is 5. The first-order valence-corrected chi connectivity index (χ1v) is 8.49. The highest BCUT2D eigenvalue weighted by Crippen LogP contribution is 2.20. The van der Waals surface area contributed by atoms with Gasteiger partial charge in [-0.3, -0.25) is 0 Å². The first kappa shape index (κ1) is 13.7. The van der Waals surface area contributed by atoms with Gasteiger partial charge >= 0.3 is 0 Å². The molecule has 0 atom stereocenters. The summed E-state index contributed by atoms with van der Waals surface area (Å²) >= 11 is 3.52. The van der Waals surface area contributed by atoms with E-state index in [1.165, 1.54) is 5.39 Å². The quantitative estimate of drug-likeness (QED) is 0.525. The van der Waals surface area contributed by atoms with E-state index in [0.717, 1.165) is 40.9 Å². The third-order valence-electron chi connectivity index (χ3n) is 2.91. The second kappa shape index (κ2) is 6.92. The molecule has 2 aromatic heterocycles. The first-order valence-electron chi connectivity index (χ1n) is 6.62. The zero-order valence-electron chi connectivity index (χ0n) is 11.0. The van der Waals surface area contributed by atoms with E-state index in [1.54, 1.807) is 11.3 Å². The largest absolute Gasteiger partial charge is 0.460 e. The molecule has 0 fully saturated rings. The molecule has 1 N–H and O–H groups in total. The van der Waals surface area contributed by atoms with Crippen molar-refractivity contribution in [1.82, 2.24) is 10.3 Å². The number of aromatic nitrogens is 1. The lowest BCUT2D eigenvalue weighted by Gasteiger charge is -2.01. The minimum atomic E-state index is 0.788. The molecule has 3 aromatic rings. The third kappa shape index (κ3) is 3.62. The molecule has 0 aliphatic heterocycles. The maximum Gasteiger partial charge on any atom is 0.149 e. The predicted molar refractivity (Wildman–Crippen MR) is 85.4 cm³/mol. The monoisotopic (exact) mass is 304 g/mol. The Kier molecular flexibility index (Phi) is 4.73. The molecule has 0 saturated carbocycles. The van der Waals surface area contributed by atoms with Crippen LogP contribution >= 0.6 is 23.1 Å². The van der Waals surface area contributed by atoms with Crippen LogP contribution in [0.3, 0.4) is 0 Å². The number of hydrogen-bond donors (Lipinski definition) is 1. The molecule has 2 heterocycles. The van der Waals surface area contributed by atoms with Crippen molar-refractivity contribution in [2.45, 2.75) is 17.3 Å². The molecule has 5 heteroatoms. The van der Waals surface area contributed by atoms with E-state index in [4.69, 9.17) is 4.42 Å². The van der Waals surface area contributed by atoms with Crippen LogP contribution in [-0.4, -0.2) is 17.3 Å². The first-order chi connectivity index (χ1) is 9.92. The lowest BCUT2D eigenvalue weighted by molar-refractivity contribution is 0.514. The molecule has 0 bridgehead atoms. The van der Waals surface area contributed by atoms with Crippen molar-refractivity contribution in [2.75, 3.05) is 12.3 Å². The summed E-state index contributed by atoms with van der Waals surface area (Å²) in [7, 11) is 0.